The van der Waals surface area contributed by atoms with E-state index in [4.69, 9.17) is 0 Å². The molecule has 0 aromatic carbocycles. The summed E-state index contributed by atoms with van der Waals surface area (Å²) in [6.07, 6.45) is 4.72. The van der Waals surface area contributed by atoms with Crippen molar-refractivity contribution < 1.29 is 5.11 Å². The Kier molecular flexibility index (Phi) is 2.71. The van der Waals surface area contributed by atoms with Gasteiger partial charge in [0.05, 0.1) is 6.10 Å². The molecule has 3 aliphatic rings. The Morgan fingerprint density at radius 1 is 1.00 bits per heavy atom. The number of likely N-dealkylation sites (tertiary alicyclic amines) is 1. The molecule has 15 heavy (non-hydrogen) atoms. The maximum Gasteiger partial charge on any atom is 0.0695 e. The normalized spacial score (nSPS) is 47.0. The van der Waals surface area contributed by atoms with Crippen molar-refractivity contribution in [1.82, 2.24) is 10.2 Å². The Balaban J connectivity index is 1.63. The van der Waals surface area contributed by atoms with Crippen LogP contribution in [0.2, 0.25) is 0 Å². The zero-order chi connectivity index (χ0) is 10.3. The Hall–Kier alpha value is -0.120. The van der Waals surface area contributed by atoms with Crippen LogP contribution < -0.4 is 5.32 Å². The summed E-state index contributed by atoms with van der Waals surface area (Å²) in [7, 11) is 0. The lowest BCUT2D eigenvalue weighted by molar-refractivity contribution is 0.0278. The lowest BCUT2D eigenvalue weighted by Crippen LogP contribution is -2.45. The van der Waals surface area contributed by atoms with Crippen LogP contribution in [0.5, 0.6) is 0 Å². The molecule has 0 amide bonds. The minimum absolute atomic E-state index is 0.0504. The van der Waals surface area contributed by atoms with Gasteiger partial charge in [0, 0.05) is 19.1 Å². The van der Waals surface area contributed by atoms with Crippen molar-refractivity contribution in [2.75, 3.05) is 26.2 Å². The Labute approximate surface area is 91.8 Å². The van der Waals surface area contributed by atoms with E-state index in [0.29, 0.717) is 6.04 Å². The molecule has 2 saturated heterocycles. The Morgan fingerprint density at radius 3 is 2.33 bits per heavy atom. The quantitative estimate of drug-likeness (QED) is 0.659. The van der Waals surface area contributed by atoms with E-state index in [1.165, 1.54) is 45.4 Å². The fraction of sp³-hybridized carbons (Fsp3) is 1.00. The van der Waals surface area contributed by atoms with Crippen LogP contribution in [0.1, 0.15) is 25.7 Å². The zero-order valence-electron chi connectivity index (χ0n) is 9.36. The number of aliphatic hydroxyl groups is 1. The fourth-order valence-corrected chi connectivity index (χ4v) is 3.68. The Bertz CT molecular complexity index is 222. The number of rotatable bonds is 1. The number of hydrogen-bond donors (Lipinski definition) is 2. The first-order valence-corrected chi connectivity index (χ1v) is 6.47. The summed E-state index contributed by atoms with van der Waals surface area (Å²) in [5.41, 5.74) is 0. The third-order valence-corrected chi connectivity index (χ3v) is 4.58. The minimum atomic E-state index is -0.0504. The van der Waals surface area contributed by atoms with Gasteiger partial charge in [0.15, 0.2) is 0 Å². The van der Waals surface area contributed by atoms with Gasteiger partial charge in [-0.1, -0.05) is 12.8 Å². The second kappa shape index (κ2) is 4.04. The molecular weight excluding hydrogens is 188 g/mol. The van der Waals surface area contributed by atoms with Crippen molar-refractivity contribution >= 4 is 0 Å². The van der Waals surface area contributed by atoms with E-state index in [1.54, 1.807) is 0 Å². The molecule has 4 unspecified atom stereocenters. The summed E-state index contributed by atoms with van der Waals surface area (Å²) in [5, 5.41) is 13.5. The number of aliphatic hydroxyl groups excluding tert-OH is 1. The molecule has 2 aliphatic heterocycles. The number of nitrogens with one attached hydrogen (secondary N) is 1. The standard InChI is InChI=1S/C12H22N2O/c15-12-4-2-1-3-11(12)14-7-9-5-13-6-10(9)8-14/h9-13,15H,1-8H2. The number of fused-ring (bicyclic) bond motifs is 1. The summed E-state index contributed by atoms with van der Waals surface area (Å²) < 4.78 is 0. The Morgan fingerprint density at radius 2 is 1.67 bits per heavy atom. The second-order valence-electron chi connectivity index (χ2n) is 5.55. The SMILES string of the molecule is OC1CCCCC1N1CC2CNCC2C1. The van der Waals surface area contributed by atoms with Gasteiger partial charge in [0.2, 0.25) is 0 Å². The molecule has 3 heteroatoms. The largest absolute Gasteiger partial charge is 0.391 e. The van der Waals surface area contributed by atoms with Crippen LogP contribution in [-0.4, -0.2) is 48.3 Å². The van der Waals surface area contributed by atoms with E-state index in [0.717, 1.165) is 18.3 Å². The maximum absolute atomic E-state index is 10.0. The third kappa shape index (κ3) is 1.81. The molecule has 1 aliphatic carbocycles. The van der Waals surface area contributed by atoms with E-state index in [1.807, 2.05) is 0 Å². The van der Waals surface area contributed by atoms with E-state index in [9.17, 15) is 5.11 Å². The highest BCUT2D eigenvalue weighted by atomic mass is 16.3. The maximum atomic E-state index is 10.0. The van der Waals surface area contributed by atoms with Crippen LogP contribution in [-0.2, 0) is 0 Å². The average molecular weight is 210 g/mol. The molecule has 3 rings (SSSR count). The summed E-state index contributed by atoms with van der Waals surface area (Å²) in [6.45, 7) is 4.84. The molecular formula is C12H22N2O. The summed E-state index contributed by atoms with van der Waals surface area (Å²) >= 11 is 0. The van der Waals surface area contributed by atoms with Crippen molar-refractivity contribution in [3.05, 3.63) is 0 Å². The number of nitrogens with zero attached hydrogens (tertiary/aromatic N) is 1. The van der Waals surface area contributed by atoms with Crippen LogP contribution in [0, 0.1) is 11.8 Å². The predicted molar refractivity (Wildman–Crippen MR) is 59.7 cm³/mol. The van der Waals surface area contributed by atoms with Crippen LogP contribution >= 0.6 is 0 Å². The van der Waals surface area contributed by atoms with Crippen molar-refractivity contribution in [2.45, 2.75) is 37.8 Å². The minimum Gasteiger partial charge on any atom is -0.391 e. The second-order valence-corrected chi connectivity index (χ2v) is 5.55. The molecule has 0 aromatic heterocycles. The summed E-state index contributed by atoms with van der Waals surface area (Å²) in [6, 6.07) is 0.476. The van der Waals surface area contributed by atoms with Crippen LogP contribution in [0.4, 0.5) is 0 Å². The van der Waals surface area contributed by atoms with Crippen LogP contribution in [0.15, 0.2) is 0 Å². The van der Waals surface area contributed by atoms with Gasteiger partial charge >= 0.3 is 0 Å². The molecule has 3 fully saturated rings. The molecule has 0 bridgehead atoms. The average Bonchev–Trinajstić information content (AvgIpc) is 2.77. The molecule has 2 N–H and O–H groups in total. The third-order valence-electron chi connectivity index (χ3n) is 4.58. The van der Waals surface area contributed by atoms with Crippen molar-refractivity contribution in [1.29, 1.82) is 0 Å². The van der Waals surface area contributed by atoms with Gasteiger partial charge in [0.1, 0.15) is 0 Å². The summed E-state index contributed by atoms with van der Waals surface area (Å²) in [4.78, 5) is 2.57. The van der Waals surface area contributed by atoms with E-state index < -0.39 is 0 Å². The molecule has 0 aromatic rings. The van der Waals surface area contributed by atoms with Crippen LogP contribution in [0.3, 0.4) is 0 Å². The van der Waals surface area contributed by atoms with E-state index >= 15 is 0 Å². The van der Waals surface area contributed by atoms with Crippen LogP contribution in [0.25, 0.3) is 0 Å². The lowest BCUT2D eigenvalue weighted by atomic mass is 9.91. The zero-order valence-corrected chi connectivity index (χ0v) is 9.36. The van der Waals surface area contributed by atoms with Gasteiger partial charge in [-0.3, -0.25) is 4.90 Å². The first-order chi connectivity index (χ1) is 7.34. The molecule has 4 atom stereocenters. The van der Waals surface area contributed by atoms with E-state index in [2.05, 4.69) is 10.2 Å². The molecule has 2 heterocycles. The van der Waals surface area contributed by atoms with Gasteiger partial charge in [-0.05, 0) is 37.8 Å². The van der Waals surface area contributed by atoms with Gasteiger partial charge in [-0.25, -0.2) is 0 Å². The number of hydrogen-bond acceptors (Lipinski definition) is 3. The van der Waals surface area contributed by atoms with Crippen molar-refractivity contribution in [3.8, 4) is 0 Å². The van der Waals surface area contributed by atoms with Gasteiger partial charge in [0.25, 0.3) is 0 Å². The van der Waals surface area contributed by atoms with Crippen molar-refractivity contribution in [2.24, 2.45) is 11.8 Å². The fourth-order valence-electron chi connectivity index (χ4n) is 3.68. The highest BCUT2D eigenvalue weighted by Gasteiger charge is 2.40. The first-order valence-electron chi connectivity index (χ1n) is 6.47. The van der Waals surface area contributed by atoms with Crippen molar-refractivity contribution in [3.63, 3.8) is 0 Å². The topological polar surface area (TPSA) is 35.5 Å². The highest BCUT2D eigenvalue weighted by molar-refractivity contribution is 4.95. The first kappa shape index (κ1) is 10.1. The summed E-state index contributed by atoms with van der Waals surface area (Å²) in [5.74, 6) is 1.72. The van der Waals surface area contributed by atoms with Gasteiger partial charge in [-0.15, -0.1) is 0 Å². The lowest BCUT2D eigenvalue weighted by Gasteiger charge is -2.35. The molecule has 0 spiro atoms. The highest BCUT2D eigenvalue weighted by Crippen LogP contribution is 2.32. The molecule has 1 saturated carbocycles. The van der Waals surface area contributed by atoms with E-state index in [-0.39, 0.29) is 6.10 Å². The van der Waals surface area contributed by atoms with Gasteiger partial charge in [-0.2, -0.15) is 0 Å². The molecule has 86 valence electrons. The molecule has 0 radical (unpaired) electrons. The molecule has 3 nitrogen and oxygen atoms in total. The van der Waals surface area contributed by atoms with Gasteiger partial charge < -0.3 is 10.4 Å². The predicted octanol–water partition coefficient (Wildman–Crippen LogP) is 0.441. The monoisotopic (exact) mass is 210 g/mol. The smallest absolute Gasteiger partial charge is 0.0695 e.